The molecular formula is C17H20N2O3S. The van der Waals surface area contributed by atoms with Gasteiger partial charge in [-0.25, -0.2) is 8.42 Å². The van der Waals surface area contributed by atoms with E-state index >= 15 is 0 Å². The summed E-state index contributed by atoms with van der Waals surface area (Å²) in [5, 5.41) is 2.91. The van der Waals surface area contributed by atoms with Crippen molar-refractivity contribution in [1.29, 1.82) is 0 Å². The van der Waals surface area contributed by atoms with E-state index in [4.69, 9.17) is 0 Å². The van der Waals surface area contributed by atoms with Crippen molar-refractivity contribution in [2.24, 2.45) is 0 Å². The number of pyridine rings is 1. The number of aryl methyl sites for hydroxylation is 1. The van der Waals surface area contributed by atoms with E-state index in [-0.39, 0.29) is 24.1 Å². The first-order valence-corrected chi connectivity index (χ1v) is 9.35. The maximum Gasteiger partial charge on any atom is 0.221 e. The zero-order valence-corrected chi connectivity index (χ0v) is 14.0. The first-order valence-electron chi connectivity index (χ1n) is 7.29. The largest absolute Gasteiger partial charge is 0.345 e. The molecular weight excluding hydrogens is 312 g/mol. The first kappa shape index (κ1) is 17.1. The predicted molar refractivity (Wildman–Crippen MR) is 89.7 cm³/mol. The number of benzene rings is 1. The summed E-state index contributed by atoms with van der Waals surface area (Å²) in [6.45, 7) is 2.00. The third kappa shape index (κ3) is 5.49. The monoisotopic (exact) mass is 332 g/mol. The summed E-state index contributed by atoms with van der Waals surface area (Å²) in [6.07, 6.45) is 4.41. The molecule has 5 nitrogen and oxygen atoms in total. The van der Waals surface area contributed by atoms with Crippen LogP contribution in [0.2, 0.25) is 0 Å². The lowest BCUT2D eigenvalue weighted by atomic mass is 9.98. The summed E-state index contributed by atoms with van der Waals surface area (Å²) < 4.78 is 22.4. The summed E-state index contributed by atoms with van der Waals surface area (Å²) in [7, 11) is -3.16. The van der Waals surface area contributed by atoms with Gasteiger partial charge in [-0.15, -0.1) is 0 Å². The molecule has 0 spiro atoms. The highest BCUT2D eigenvalue weighted by atomic mass is 32.2. The van der Waals surface area contributed by atoms with E-state index in [2.05, 4.69) is 10.3 Å². The molecule has 0 fully saturated rings. The van der Waals surface area contributed by atoms with E-state index in [1.54, 1.807) is 12.4 Å². The van der Waals surface area contributed by atoms with Crippen LogP contribution in [0.1, 0.15) is 29.2 Å². The maximum absolute atomic E-state index is 12.1. The Labute approximate surface area is 136 Å². The molecule has 122 valence electrons. The fourth-order valence-corrected chi connectivity index (χ4v) is 2.74. The molecule has 0 radical (unpaired) electrons. The van der Waals surface area contributed by atoms with Crippen LogP contribution < -0.4 is 5.32 Å². The van der Waals surface area contributed by atoms with Gasteiger partial charge in [0.25, 0.3) is 0 Å². The number of amides is 1. The second-order valence-electron chi connectivity index (χ2n) is 5.57. The molecule has 23 heavy (non-hydrogen) atoms. The minimum Gasteiger partial charge on any atom is -0.345 e. The van der Waals surface area contributed by atoms with Crippen molar-refractivity contribution in [3.8, 4) is 0 Å². The number of nitrogens with zero attached hydrogens (tertiary/aromatic N) is 1. The maximum atomic E-state index is 12.1. The van der Waals surface area contributed by atoms with Crippen LogP contribution in [-0.4, -0.2) is 31.3 Å². The van der Waals surface area contributed by atoms with Crippen LogP contribution in [0, 0.1) is 6.92 Å². The van der Waals surface area contributed by atoms with Crippen LogP contribution in [-0.2, 0) is 14.6 Å². The fourth-order valence-electron chi connectivity index (χ4n) is 2.19. The summed E-state index contributed by atoms with van der Waals surface area (Å²) in [5.74, 6) is -0.451. The molecule has 1 heterocycles. The Morgan fingerprint density at radius 2 is 1.65 bits per heavy atom. The van der Waals surface area contributed by atoms with Gasteiger partial charge in [0, 0.05) is 25.1 Å². The second kappa shape index (κ2) is 7.37. The second-order valence-corrected chi connectivity index (χ2v) is 7.83. The Balaban J connectivity index is 2.21. The molecule has 1 amide bonds. The summed E-state index contributed by atoms with van der Waals surface area (Å²) in [6, 6.07) is 11.2. The van der Waals surface area contributed by atoms with Gasteiger partial charge in [-0.1, -0.05) is 29.8 Å². The topological polar surface area (TPSA) is 76.1 Å². The van der Waals surface area contributed by atoms with Gasteiger partial charge in [0.1, 0.15) is 9.84 Å². The third-order valence-electron chi connectivity index (χ3n) is 3.46. The van der Waals surface area contributed by atoms with Gasteiger partial charge in [0.2, 0.25) is 5.91 Å². The number of rotatable bonds is 6. The number of carbonyl (C=O) groups excluding carboxylic acids is 1. The van der Waals surface area contributed by atoms with Gasteiger partial charge >= 0.3 is 0 Å². The predicted octanol–water partition coefficient (Wildman–Crippen LogP) is 2.03. The highest BCUT2D eigenvalue weighted by molar-refractivity contribution is 7.90. The molecule has 0 saturated heterocycles. The fraction of sp³-hybridized carbons (Fsp3) is 0.294. The molecule has 2 aromatic rings. The van der Waals surface area contributed by atoms with Crippen molar-refractivity contribution >= 4 is 15.7 Å². The minimum atomic E-state index is -3.16. The van der Waals surface area contributed by atoms with E-state index in [1.165, 1.54) is 0 Å². The Morgan fingerprint density at radius 3 is 2.22 bits per heavy atom. The zero-order chi connectivity index (χ0) is 16.9. The lowest BCUT2D eigenvalue weighted by Crippen LogP contribution is -2.30. The first-order chi connectivity index (χ1) is 10.8. The number of hydrogen-bond acceptors (Lipinski definition) is 4. The average molecular weight is 332 g/mol. The molecule has 0 saturated carbocycles. The molecule has 1 atom stereocenters. The van der Waals surface area contributed by atoms with Crippen molar-refractivity contribution in [2.45, 2.75) is 19.4 Å². The Morgan fingerprint density at radius 1 is 1.09 bits per heavy atom. The average Bonchev–Trinajstić information content (AvgIpc) is 2.52. The van der Waals surface area contributed by atoms with Crippen LogP contribution in [0.25, 0.3) is 0 Å². The van der Waals surface area contributed by atoms with Crippen LogP contribution >= 0.6 is 0 Å². The van der Waals surface area contributed by atoms with Gasteiger partial charge < -0.3 is 5.32 Å². The molecule has 0 unspecified atom stereocenters. The quantitative estimate of drug-likeness (QED) is 0.878. The van der Waals surface area contributed by atoms with E-state index in [1.807, 2.05) is 43.3 Å². The number of sulfone groups is 1. The lowest BCUT2D eigenvalue weighted by molar-refractivity contribution is -0.121. The van der Waals surface area contributed by atoms with Gasteiger partial charge in [-0.05, 0) is 30.2 Å². The van der Waals surface area contributed by atoms with Crippen molar-refractivity contribution in [3.63, 3.8) is 0 Å². The van der Waals surface area contributed by atoms with E-state index in [0.717, 1.165) is 22.9 Å². The molecule has 1 N–H and O–H groups in total. The Hall–Kier alpha value is -2.21. The van der Waals surface area contributed by atoms with Gasteiger partial charge in [-0.3, -0.25) is 9.78 Å². The summed E-state index contributed by atoms with van der Waals surface area (Å²) in [5.41, 5.74) is 2.97. The number of carbonyl (C=O) groups is 1. The zero-order valence-electron chi connectivity index (χ0n) is 13.2. The molecule has 0 aliphatic carbocycles. The molecule has 2 rings (SSSR count). The number of nitrogens with one attached hydrogen (secondary N) is 1. The van der Waals surface area contributed by atoms with Crippen LogP contribution in [0.4, 0.5) is 0 Å². The van der Waals surface area contributed by atoms with Crippen LogP contribution in [0.15, 0.2) is 48.8 Å². The highest BCUT2D eigenvalue weighted by Gasteiger charge is 2.17. The summed E-state index contributed by atoms with van der Waals surface area (Å²) in [4.78, 5) is 16.1. The SMILES string of the molecule is Cc1ccc([C@@H](NC(=O)CCS(C)(=O)=O)c2ccncc2)cc1. The van der Waals surface area contributed by atoms with Gasteiger partial charge in [-0.2, -0.15) is 0 Å². The smallest absolute Gasteiger partial charge is 0.221 e. The highest BCUT2D eigenvalue weighted by Crippen LogP contribution is 2.22. The van der Waals surface area contributed by atoms with Gasteiger partial charge in [0.15, 0.2) is 0 Å². The van der Waals surface area contributed by atoms with E-state index in [0.29, 0.717) is 0 Å². The summed E-state index contributed by atoms with van der Waals surface area (Å²) >= 11 is 0. The molecule has 0 bridgehead atoms. The van der Waals surface area contributed by atoms with E-state index in [9.17, 15) is 13.2 Å². The molecule has 1 aromatic heterocycles. The lowest BCUT2D eigenvalue weighted by Gasteiger charge is -2.20. The van der Waals surface area contributed by atoms with Crippen molar-refractivity contribution < 1.29 is 13.2 Å². The Bertz CT molecular complexity index is 756. The molecule has 6 heteroatoms. The van der Waals surface area contributed by atoms with Crippen molar-refractivity contribution in [1.82, 2.24) is 10.3 Å². The Kier molecular flexibility index (Phi) is 5.50. The molecule has 1 aromatic carbocycles. The van der Waals surface area contributed by atoms with Crippen LogP contribution in [0.3, 0.4) is 0 Å². The van der Waals surface area contributed by atoms with E-state index < -0.39 is 9.84 Å². The number of aromatic nitrogens is 1. The normalized spacial score (nSPS) is 12.6. The number of hydrogen-bond donors (Lipinski definition) is 1. The van der Waals surface area contributed by atoms with Crippen molar-refractivity contribution in [3.05, 3.63) is 65.5 Å². The molecule has 0 aliphatic heterocycles. The van der Waals surface area contributed by atoms with Crippen LogP contribution in [0.5, 0.6) is 0 Å². The van der Waals surface area contributed by atoms with Gasteiger partial charge in [0.05, 0.1) is 11.8 Å². The molecule has 0 aliphatic rings. The van der Waals surface area contributed by atoms with Crippen molar-refractivity contribution in [2.75, 3.05) is 12.0 Å². The minimum absolute atomic E-state index is 0.0493. The standard InChI is InChI=1S/C17H20N2O3S/c1-13-3-5-14(6-4-13)17(15-7-10-18-11-8-15)19-16(20)9-12-23(2,21)22/h3-8,10-11,17H,9,12H2,1-2H3,(H,19,20)/t17-/m1/s1. The third-order valence-corrected chi connectivity index (χ3v) is 4.40.